The molecule has 1 aliphatic rings. The van der Waals surface area contributed by atoms with Gasteiger partial charge in [0.05, 0.1) is 12.7 Å². The van der Waals surface area contributed by atoms with Gasteiger partial charge in [-0.25, -0.2) is 0 Å². The molecule has 0 spiro atoms. The van der Waals surface area contributed by atoms with Gasteiger partial charge in [-0.2, -0.15) is 0 Å². The number of likely N-dealkylation sites (tertiary alicyclic amines) is 1. The summed E-state index contributed by atoms with van der Waals surface area (Å²) in [5.41, 5.74) is 1.37. The molecule has 0 aliphatic carbocycles. The molecule has 1 heterocycles. The zero-order chi connectivity index (χ0) is 14.9. The smallest absolute Gasteiger partial charge is 0.0897 e. The van der Waals surface area contributed by atoms with Crippen LogP contribution < -0.4 is 5.32 Å². The van der Waals surface area contributed by atoms with E-state index in [-0.39, 0.29) is 0 Å². The zero-order valence-electron chi connectivity index (χ0n) is 13.0. The van der Waals surface area contributed by atoms with Crippen molar-refractivity contribution in [3.63, 3.8) is 0 Å². The van der Waals surface area contributed by atoms with Gasteiger partial charge in [0.25, 0.3) is 0 Å². The number of aliphatic hydroxyl groups is 1. The van der Waals surface area contributed by atoms with Gasteiger partial charge in [-0.15, -0.1) is 0 Å². The SMILES string of the molecule is CCOCC(O)CNC1CCCN(Cc2ccccc2)C1. The summed E-state index contributed by atoms with van der Waals surface area (Å²) in [4.78, 5) is 2.49. The lowest BCUT2D eigenvalue weighted by atomic mass is 10.0. The molecule has 1 aliphatic heterocycles. The van der Waals surface area contributed by atoms with Crippen LogP contribution in [0.2, 0.25) is 0 Å². The molecule has 0 amide bonds. The van der Waals surface area contributed by atoms with E-state index in [1.807, 2.05) is 6.92 Å². The fourth-order valence-corrected chi connectivity index (χ4v) is 2.82. The number of aliphatic hydroxyl groups excluding tert-OH is 1. The summed E-state index contributed by atoms with van der Waals surface area (Å²) in [6.07, 6.45) is 1.99. The summed E-state index contributed by atoms with van der Waals surface area (Å²) < 4.78 is 5.23. The van der Waals surface area contributed by atoms with Crippen LogP contribution in [0.25, 0.3) is 0 Å². The standard InChI is InChI=1S/C17H28N2O2/c1-2-21-14-17(20)11-18-16-9-6-10-19(13-16)12-15-7-4-3-5-8-15/h3-5,7-8,16-18,20H,2,6,9-14H2,1H3. The van der Waals surface area contributed by atoms with Crippen molar-refractivity contribution in [1.29, 1.82) is 0 Å². The summed E-state index contributed by atoms with van der Waals surface area (Å²) in [6.45, 7) is 6.87. The van der Waals surface area contributed by atoms with Crippen LogP contribution in [0.5, 0.6) is 0 Å². The molecular weight excluding hydrogens is 264 g/mol. The third kappa shape index (κ3) is 6.14. The Morgan fingerprint density at radius 2 is 2.19 bits per heavy atom. The first-order chi connectivity index (χ1) is 10.3. The van der Waals surface area contributed by atoms with E-state index in [1.54, 1.807) is 0 Å². The Hall–Kier alpha value is -0.940. The van der Waals surface area contributed by atoms with Crippen LogP contribution in [0, 0.1) is 0 Å². The average molecular weight is 292 g/mol. The Morgan fingerprint density at radius 3 is 2.95 bits per heavy atom. The Morgan fingerprint density at radius 1 is 1.38 bits per heavy atom. The first kappa shape index (κ1) is 16.4. The van der Waals surface area contributed by atoms with Gasteiger partial charge >= 0.3 is 0 Å². The quantitative estimate of drug-likeness (QED) is 0.764. The molecule has 1 fully saturated rings. The average Bonchev–Trinajstić information content (AvgIpc) is 2.52. The van der Waals surface area contributed by atoms with E-state index in [0.29, 0.717) is 25.8 Å². The van der Waals surface area contributed by atoms with Gasteiger partial charge < -0.3 is 15.2 Å². The first-order valence-electron chi connectivity index (χ1n) is 8.03. The molecule has 2 N–H and O–H groups in total. The predicted octanol–water partition coefficient (Wildman–Crippen LogP) is 1.64. The number of piperidine rings is 1. The van der Waals surface area contributed by atoms with Crippen LogP contribution in [-0.4, -0.2) is 55.0 Å². The van der Waals surface area contributed by atoms with Gasteiger partial charge in [0.2, 0.25) is 0 Å². The van der Waals surface area contributed by atoms with E-state index < -0.39 is 6.10 Å². The van der Waals surface area contributed by atoms with Gasteiger partial charge in [-0.05, 0) is 31.9 Å². The largest absolute Gasteiger partial charge is 0.389 e. The van der Waals surface area contributed by atoms with Crippen molar-refractivity contribution < 1.29 is 9.84 Å². The Balaban J connectivity index is 1.70. The van der Waals surface area contributed by atoms with Crippen LogP contribution in [-0.2, 0) is 11.3 Å². The molecule has 0 bridgehead atoms. The molecule has 0 radical (unpaired) electrons. The van der Waals surface area contributed by atoms with Crippen molar-refractivity contribution in [1.82, 2.24) is 10.2 Å². The van der Waals surface area contributed by atoms with Crippen LogP contribution in [0.15, 0.2) is 30.3 Å². The number of nitrogens with zero attached hydrogens (tertiary/aromatic N) is 1. The van der Waals surface area contributed by atoms with E-state index in [1.165, 1.54) is 18.4 Å². The molecule has 2 atom stereocenters. The highest BCUT2D eigenvalue weighted by atomic mass is 16.5. The monoisotopic (exact) mass is 292 g/mol. The molecule has 1 aromatic carbocycles. The van der Waals surface area contributed by atoms with Gasteiger partial charge in [0.1, 0.15) is 0 Å². The van der Waals surface area contributed by atoms with Crippen LogP contribution >= 0.6 is 0 Å². The second-order valence-corrected chi connectivity index (χ2v) is 5.78. The van der Waals surface area contributed by atoms with Gasteiger partial charge in [-0.3, -0.25) is 4.90 Å². The molecule has 21 heavy (non-hydrogen) atoms. The normalized spacial score (nSPS) is 21.3. The molecule has 0 saturated carbocycles. The van der Waals surface area contributed by atoms with Crippen molar-refractivity contribution in [2.24, 2.45) is 0 Å². The number of hydrogen-bond donors (Lipinski definition) is 2. The molecule has 4 nitrogen and oxygen atoms in total. The lowest BCUT2D eigenvalue weighted by Gasteiger charge is -2.33. The van der Waals surface area contributed by atoms with Gasteiger partial charge in [0.15, 0.2) is 0 Å². The third-order valence-electron chi connectivity index (χ3n) is 3.91. The van der Waals surface area contributed by atoms with Crippen molar-refractivity contribution in [2.45, 2.75) is 38.5 Å². The number of benzene rings is 1. The lowest BCUT2D eigenvalue weighted by molar-refractivity contribution is 0.0392. The fraction of sp³-hybridized carbons (Fsp3) is 0.647. The van der Waals surface area contributed by atoms with Crippen molar-refractivity contribution >= 4 is 0 Å². The number of nitrogens with one attached hydrogen (secondary N) is 1. The summed E-state index contributed by atoms with van der Waals surface area (Å²) in [5, 5.41) is 13.3. The highest BCUT2D eigenvalue weighted by molar-refractivity contribution is 5.14. The van der Waals surface area contributed by atoms with Gasteiger partial charge in [-0.1, -0.05) is 30.3 Å². The maximum Gasteiger partial charge on any atom is 0.0897 e. The highest BCUT2D eigenvalue weighted by Crippen LogP contribution is 2.13. The number of ether oxygens (including phenoxy) is 1. The molecule has 0 aromatic heterocycles. The summed E-state index contributed by atoms with van der Waals surface area (Å²) in [7, 11) is 0. The summed E-state index contributed by atoms with van der Waals surface area (Å²) in [5.74, 6) is 0. The van der Waals surface area contributed by atoms with E-state index in [9.17, 15) is 5.11 Å². The molecule has 2 unspecified atom stereocenters. The van der Waals surface area contributed by atoms with Crippen molar-refractivity contribution in [2.75, 3.05) is 32.8 Å². The second kappa shape index (κ2) is 9.15. The predicted molar refractivity (Wildman–Crippen MR) is 85.2 cm³/mol. The van der Waals surface area contributed by atoms with Crippen molar-refractivity contribution in [3.05, 3.63) is 35.9 Å². The maximum absolute atomic E-state index is 9.81. The molecule has 1 saturated heterocycles. The topological polar surface area (TPSA) is 44.7 Å². The Labute approximate surface area is 128 Å². The maximum atomic E-state index is 9.81. The number of hydrogen-bond acceptors (Lipinski definition) is 4. The number of rotatable bonds is 8. The fourth-order valence-electron chi connectivity index (χ4n) is 2.82. The van der Waals surface area contributed by atoms with Gasteiger partial charge in [0, 0.05) is 32.3 Å². The molecule has 118 valence electrons. The van der Waals surface area contributed by atoms with E-state index in [2.05, 4.69) is 40.5 Å². The minimum atomic E-state index is -0.408. The molecule has 1 aromatic rings. The summed E-state index contributed by atoms with van der Waals surface area (Å²) in [6, 6.07) is 11.1. The Bertz CT molecular complexity index is 386. The van der Waals surface area contributed by atoms with Crippen molar-refractivity contribution in [3.8, 4) is 0 Å². The Kier molecular flexibility index (Phi) is 7.16. The van der Waals surface area contributed by atoms with E-state index in [4.69, 9.17) is 4.74 Å². The van der Waals surface area contributed by atoms with Crippen LogP contribution in [0.3, 0.4) is 0 Å². The summed E-state index contributed by atoms with van der Waals surface area (Å²) >= 11 is 0. The first-order valence-corrected chi connectivity index (χ1v) is 8.03. The molecule has 2 rings (SSSR count). The minimum Gasteiger partial charge on any atom is -0.389 e. The molecular formula is C17H28N2O2. The van der Waals surface area contributed by atoms with Crippen LogP contribution in [0.1, 0.15) is 25.3 Å². The van der Waals surface area contributed by atoms with Crippen LogP contribution in [0.4, 0.5) is 0 Å². The zero-order valence-corrected chi connectivity index (χ0v) is 13.0. The highest BCUT2D eigenvalue weighted by Gasteiger charge is 2.20. The van der Waals surface area contributed by atoms with E-state index >= 15 is 0 Å². The third-order valence-corrected chi connectivity index (χ3v) is 3.91. The second-order valence-electron chi connectivity index (χ2n) is 5.78. The lowest BCUT2D eigenvalue weighted by Crippen LogP contribution is -2.47. The van der Waals surface area contributed by atoms with E-state index in [0.717, 1.165) is 19.6 Å². The molecule has 4 heteroatoms. The minimum absolute atomic E-state index is 0.408.